The number of aromatic nitrogens is 4. The number of halogens is 3. The molecular weight excluding hydrogens is 495 g/mol. The van der Waals surface area contributed by atoms with E-state index in [2.05, 4.69) is 15.1 Å². The van der Waals surface area contributed by atoms with E-state index in [1.807, 2.05) is 17.6 Å². The van der Waals surface area contributed by atoms with Gasteiger partial charge in [-0.1, -0.05) is 0 Å². The van der Waals surface area contributed by atoms with E-state index in [1.54, 1.807) is 36.5 Å². The predicted molar refractivity (Wildman–Crippen MR) is 138 cm³/mol. The molecule has 0 bridgehead atoms. The van der Waals surface area contributed by atoms with Crippen LogP contribution >= 0.6 is 0 Å². The maximum atomic E-state index is 13.9. The number of aliphatic imine (C=N–C) groups is 1. The van der Waals surface area contributed by atoms with Gasteiger partial charge in [0.1, 0.15) is 5.82 Å². The first-order valence-electron chi connectivity index (χ1n) is 12.5. The third kappa shape index (κ3) is 5.09. The van der Waals surface area contributed by atoms with E-state index in [-0.39, 0.29) is 18.0 Å². The fraction of sp³-hybridized carbons (Fsp3) is 0.407. The van der Waals surface area contributed by atoms with Gasteiger partial charge in [0.15, 0.2) is 5.69 Å². The number of amides is 1. The van der Waals surface area contributed by atoms with Crippen LogP contribution in [0.3, 0.4) is 0 Å². The summed E-state index contributed by atoms with van der Waals surface area (Å²) < 4.78 is 44.8. The number of fused-ring (bicyclic) bond motifs is 1. The Kier molecular flexibility index (Phi) is 6.62. The molecule has 0 radical (unpaired) electrons. The third-order valence-corrected chi connectivity index (χ3v) is 7.15. The smallest absolute Gasteiger partial charge is 0.402 e. The highest BCUT2D eigenvalue weighted by atomic mass is 19.4. The quantitative estimate of drug-likeness (QED) is 0.472. The Morgan fingerprint density at radius 3 is 2.61 bits per heavy atom. The highest BCUT2D eigenvalue weighted by Crippen LogP contribution is 2.40. The Morgan fingerprint density at radius 2 is 1.97 bits per heavy atom. The normalized spacial score (nSPS) is 16.8. The molecular formula is C27H30F3N7O. The standard InChI is InChI=1S/C27H30F3N7O/c1-16-33-7-9-36(16)13-17-10-21(23-15-35(3)34-25(23)27(28,29)30)20-6-8-37(26(38)22(20)11-17)14-19(32-2)12-24(31)18-4-5-18/h7,9-12,15,18H,4-6,8,13-14,31H2,1-3H3/b24-12-,32-19?. The number of rotatable bonds is 7. The number of allylic oxidation sites excluding steroid dienone is 1. The van der Waals surface area contributed by atoms with Crippen LogP contribution in [0.2, 0.25) is 0 Å². The molecule has 1 fully saturated rings. The molecule has 0 spiro atoms. The van der Waals surface area contributed by atoms with Crippen LogP contribution in [0.25, 0.3) is 11.1 Å². The second-order valence-corrected chi connectivity index (χ2v) is 9.94. The van der Waals surface area contributed by atoms with Crippen molar-refractivity contribution in [2.45, 2.75) is 38.9 Å². The number of nitrogens with two attached hydrogens (primary N) is 1. The maximum absolute atomic E-state index is 13.9. The SMILES string of the molecule is CN=C(/C=C(\N)C1CC1)CN1CCc2c(cc(Cn3ccnc3C)cc2-c2cn(C)nc2C(F)(F)F)C1=O. The lowest BCUT2D eigenvalue weighted by Crippen LogP contribution is -2.41. The molecule has 3 heterocycles. The summed E-state index contributed by atoms with van der Waals surface area (Å²) in [4.78, 5) is 24.0. The molecule has 2 aromatic heterocycles. The number of carbonyl (C=O) groups is 1. The summed E-state index contributed by atoms with van der Waals surface area (Å²) in [5, 5.41) is 3.71. The van der Waals surface area contributed by atoms with Gasteiger partial charge in [0.2, 0.25) is 0 Å². The van der Waals surface area contributed by atoms with E-state index in [4.69, 9.17) is 5.73 Å². The average molecular weight is 526 g/mol. The molecule has 0 atom stereocenters. The average Bonchev–Trinajstić information content (AvgIpc) is 3.53. The topological polar surface area (TPSA) is 94.3 Å². The molecule has 1 aliphatic heterocycles. The van der Waals surface area contributed by atoms with Crippen LogP contribution in [0.15, 0.2) is 47.5 Å². The Bertz CT molecular complexity index is 1440. The van der Waals surface area contributed by atoms with E-state index in [9.17, 15) is 18.0 Å². The van der Waals surface area contributed by atoms with Gasteiger partial charge in [-0.25, -0.2) is 4.98 Å². The van der Waals surface area contributed by atoms with E-state index >= 15 is 0 Å². The van der Waals surface area contributed by atoms with Crippen molar-refractivity contribution in [3.05, 3.63) is 70.7 Å². The highest BCUT2D eigenvalue weighted by molar-refractivity contribution is 6.04. The minimum absolute atomic E-state index is 0.0300. The van der Waals surface area contributed by atoms with Gasteiger partial charge in [0, 0.05) is 62.6 Å². The zero-order valence-corrected chi connectivity index (χ0v) is 21.6. The Balaban J connectivity index is 1.56. The zero-order chi connectivity index (χ0) is 27.2. The summed E-state index contributed by atoms with van der Waals surface area (Å²) in [5.74, 6) is 0.899. The number of benzene rings is 1. The van der Waals surface area contributed by atoms with E-state index in [0.29, 0.717) is 53.4 Å². The molecule has 1 amide bonds. The summed E-state index contributed by atoms with van der Waals surface area (Å²) >= 11 is 0. The number of hydrogen-bond acceptors (Lipinski definition) is 5. The first kappa shape index (κ1) is 25.7. The van der Waals surface area contributed by atoms with Crippen LogP contribution in [0, 0.1) is 12.8 Å². The third-order valence-electron chi connectivity index (χ3n) is 7.15. The van der Waals surface area contributed by atoms with Crippen LogP contribution in [0.5, 0.6) is 0 Å². The zero-order valence-electron chi connectivity index (χ0n) is 21.6. The van der Waals surface area contributed by atoms with Gasteiger partial charge in [-0.15, -0.1) is 0 Å². The lowest BCUT2D eigenvalue weighted by molar-refractivity contribution is -0.140. The monoisotopic (exact) mass is 525 g/mol. The molecule has 5 rings (SSSR count). The Hall–Kier alpha value is -3.89. The number of nitrogens with zero attached hydrogens (tertiary/aromatic N) is 6. The van der Waals surface area contributed by atoms with Gasteiger partial charge < -0.3 is 15.2 Å². The van der Waals surface area contributed by atoms with E-state index in [1.165, 1.54) is 13.2 Å². The van der Waals surface area contributed by atoms with Crippen LogP contribution in [-0.2, 0) is 26.2 Å². The minimum atomic E-state index is -4.63. The number of hydrogen-bond donors (Lipinski definition) is 1. The van der Waals surface area contributed by atoms with Crippen LogP contribution in [0.1, 0.15) is 45.8 Å². The van der Waals surface area contributed by atoms with Crippen molar-refractivity contribution < 1.29 is 18.0 Å². The summed E-state index contributed by atoms with van der Waals surface area (Å²) in [7, 11) is 3.13. The molecule has 2 aliphatic rings. The molecule has 0 unspecified atom stereocenters. The Morgan fingerprint density at radius 1 is 1.24 bits per heavy atom. The first-order chi connectivity index (χ1) is 18.0. The van der Waals surface area contributed by atoms with Gasteiger partial charge in [-0.05, 0) is 67.0 Å². The fourth-order valence-electron chi connectivity index (χ4n) is 4.96. The van der Waals surface area contributed by atoms with Crippen molar-refractivity contribution in [2.75, 3.05) is 20.1 Å². The number of aryl methyl sites for hydroxylation is 2. The van der Waals surface area contributed by atoms with Crippen molar-refractivity contribution in [2.24, 2.45) is 23.7 Å². The maximum Gasteiger partial charge on any atom is 0.435 e. The fourth-order valence-corrected chi connectivity index (χ4v) is 4.96. The lowest BCUT2D eigenvalue weighted by atomic mass is 9.88. The van der Waals surface area contributed by atoms with E-state index in [0.717, 1.165) is 29.0 Å². The van der Waals surface area contributed by atoms with Crippen molar-refractivity contribution in [3.8, 4) is 11.1 Å². The molecule has 11 heteroatoms. The number of carbonyl (C=O) groups excluding carboxylic acids is 1. The lowest BCUT2D eigenvalue weighted by Gasteiger charge is -2.30. The first-order valence-corrected chi connectivity index (χ1v) is 12.5. The minimum Gasteiger partial charge on any atom is -0.402 e. The summed E-state index contributed by atoms with van der Waals surface area (Å²) in [6.45, 7) is 2.85. The summed E-state index contributed by atoms with van der Waals surface area (Å²) in [5.41, 5.74) is 8.72. The molecule has 8 nitrogen and oxygen atoms in total. The molecule has 2 N–H and O–H groups in total. The van der Waals surface area contributed by atoms with Crippen LogP contribution in [-0.4, -0.2) is 56.0 Å². The van der Waals surface area contributed by atoms with Crippen molar-refractivity contribution in [1.82, 2.24) is 24.2 Å². The number of alkyl halides is 3. The highest BCUT2D eigenvalue weighted by Gasteiger charge is 2.39. The van der Waals surface area contributed by atoms with Gasteiger partial charge in [0.25, 0.3) is 5.91 Å². The predicted octanol–water partition coefficient (Wildman–Crippen LogP) is 3.98. The molecule has 3 aromatic rings. The van der Waals surface area contributed by atoms with Crippen molar-refractivity contribution in [3.63, 3.8) is 0 Å². The largest absolute Gasteiger partial charge is 0.435 e. The molecule has 200 valence electrons. The van der Waals surface area contributed by atoms with Crippen LogP contribution < -0.4 is 5.73 Å². The summed E-state index contributed by atoms with van der Waals surface area (Å²) in [6.07, 6.45) is 4.57. The second-order valence-electron chi connectivity index (χ2n) is 9.94. The van der Waals surface area contributed by atoms with Crippen molar-refractivity contribution >= 4 is 11.6 Å². The van der Waals surface area contributed by atoms with Gasteiger partial charge in [-0.2, -0.15) is 18.3 Å². The summed E-state index contributed by atoms with van der Waals surface area (Å²) in [6, 6.07) is 3.53. The van der Waals surface area contributed by atoms with Gasteiger partial charge in [0.05, 0.1) is 12.3 Å². The van der Waals surface area contributed by atoms with Gasteiger partial charge in [-0.3, -0.25) is 14.5 Å². The molecule has 1 aromatic carbocycles. The van der Waals surface area contributed by atoms with Crippen molar-refractivity contribution in [1.29, 1.82) is 0 Å². The molecule has 1 aliphatic carbocycles. The van der Waals surface area contributed by atoms with Crippen LogP contribution in [0.4, 0.5) is 13.2 Å². The number of imidazole rings is 1. The Labute approximate surface area is 218 Å². The van der Waals surface area contributed by atoms with E-state index < -0.39 is 11.9 Å². The van der Waals surface area contributed by atoms with Gasteiger partial charge >= 0.3 is 6.18 Å². The molecule has 0 saturated heterocycles. The molecule has 1 saturated carbocycles. The molecule has 38 heavy (non-hydrogen) atoms. The second kappa shape index (κ2) is 9.77.